The summed E-state index contributed by atoms with van der Waals surface area (Å²) in [6.45, 7) is 0. The van der Waals surface area contributed by atoms with Crippen molar-refractivity contribution in [1.29, 1.82) is 0 Å². The first kappa shape index (κ1) is 14.9. The molecule has 0 heterocycles. The summed E-state index contributed by atoms with van der Waals surface area (Å²) in [5, 5.41) is 0. The SMILES string of the molecule is COc1cc(N)ccc1S(=O)CCSc1ccccc1. The van der Waals surface area contributed by atoms with Crippen LogP contribution in [0.25, 0.3) is 0 Å². The van der Waals surface area contributed by atoms with E-state index in [1.165, 1.54) is 4.90 Å². The Morgan fingerprint density at radius 2 is 1.95 bits per heavy atom. The van der Waals surface area contributed by atoms with E-state index < -0.39 is 10.8 Å². The molecule has 0 spiro atoms. The van der Waals surface area contributed by atoms with E-state index in [4.69, 9.17) is 10.5 Å². The van der Waals surface area contributed by atoms with Gasteiger partial charge in [-0.05, 0) is 24.3 Å². The van der Waals surface area contributed by atoms with Crippen molar-refractivity contribution in [3.8, 4) is 5.75 Å². The molecule has 1 atom stereocenters. The van der Waals surface area contributed by atoms with Gasteiger partial charge in [-0.1, -0.05) is 18.2 Å². The third-order valence-corrected chi connectivity index (χ3v) is 5.39. The first-order chi connectivity index (χ1) is 9.70. The Bertz CT molecular complexity index is 588. The van der Waals surface area contributed by atoms with Crippen LogP contribution in [0.5, 0.6) is 5.75 Å². The van der Waals surface area contributed by atoms with Gasteiger partial charge in [0.05, 0.1) is 22.8 Å². The topological polar surface area (TPSA) is 52.3 Å². The number of thioether (sulfide) groups is 1. The number of anilines is 1. The smallest absolute Gasteiger partial charge is 0.137 e. The van der Waals surface area contributed by atoms with E-state index in [0.29, 0.717) is 22.1 Å². The standard InChI is InChI=1S/C15H17NO2S2/c1-18-14-11-12(16)7-8-15(14)20(17)10-9-19-13-5-3-2-4-6-13/h2-8,11H,9-10,16H2,1H3. The lowest BCUT2D eigenvalue weighted by Crippen LogP contribution is -2.03. The van der Waals surface area contributed by atoms with Crippen molar-refractivity contribution < 1.29 is 8.95 Å². The van der Waals surface area contributed by atoms with Gasteiger partial charge in [-0.2, -0.15) is 0 Å². The van der Waals surface area contributed by atoms with Gasteiger partial charge in [0, 0.05) is 28.2 Å². The Morgan fingerprint density at radius 3 is 2.65 bits per heavy atom. The van der Waals surface area contributed by atoms with Gasteiger partial charge in [-0.15, -0.1) is 11.8 Å². The second-order valence-electron chi connectivity index (χ2n) is 4.12. The Kier molecular flexibility index (Phi) is 5.49. The molecule has 0 saturated carbocycles. The van der Waals surface area contributed by atoms with Crippen molar-refractivity contribution in [2.45, 2.75) is 9.79 Å². The van der Waals surface area contributed by atoms with E-state index in [0.717, 1.165) is 5.75 Å². The van der Waals surface area contributed by atoms with Crippen LogP contribution in [-0.4, -0.2) is 22.8 Å². The molecule has 0 aliphatic rings. The minimum Gasteiger partial charge on any atom is -0.495 e. The highest BCUT2D eigenvalue weighted by Gasteiger charge is 2.11. The average Bonchev–Trinajstić information content (AvgIpc) is 2.48. The summed E-state index contributed by atoms with van der Waals surface area (Å²) in [5.74, 6) is 1.97. The minimum atomic E-state index is -1.08. The lowest BCUT2D eigenvalue weighted by atomic mass is 10.3. The molecule has 0 aliphatic carbocycles. The first-order valence-electron chi connectivity index (χ1n) is 6.20. The molecular formula is C15H17NO2S2. The lowest BCUT2D eigenvalue weighted by molar-refractivity contribution is 0.404. The predicted molar refractivity (Wildman–Crippen MR) is 85.8 cm³/mol. The predicted octanol–water partition coefficient (Wildman–Crippen LogP) is 3.18. The summed E-state index contributed by atoms with van der Waals surface area (Å²) in [6, 6.07) is 15.3. The number of hydrogen-bond donors (Lipinski definition) is 1. The molecular weight excluding hydrogens is 290 g/mol. The number of hydrogen-bond acceptors (Lipinski definition) is 4. The van der Waals surface area contributed by atoms with E-state index in [-0.39, 0.29) is 0 Å². The number of ether oxygens (including phenoxy) is 1. The Labute approximate surface area is 126 Å². The van der Waals surface area contributed by atoms with Gasteiger partial charge in [-0.3, -0.25) is 4.21 Å². The van der Waals surface area contributed by atoms with Gasteiger partial charge in [-0.25, -0.2) is 0 Å². The summed E-state index contributed by atoms with van der Waals surface area (Å²) in [6.07, 6.45) is 0. The summed E-state index contributed by atoms with van der Waals surface area (Å²) in [5.41, 5.74) is 6.31. The fourth-order valence-corrected chi connectivity index (χ4v) is 4.06. The molecule has 2 N–H and O–H groups in total. The maximum absolute atomic E-state index is 12.3. The van der Waals surface area contributed by atoms with E-state index in [1.54, 1.807) is 37.1 Å². The molecule has 0 bridgehead atoms. The second-order valence-corrected chi connectivity index (χ2v) is 6.83. The van der Waals surface area contributed by atoms with Crippen LogP contribution < -0.4 is 10.5 Å². The van der Waals surface area contributed by atoms with E-state index in [9.17, 15) is 4.21 Å². The molecule has 1 unspecified atom stereocenters. The van der Waals surface area contributed by atoms with Crippen LogP contribution in [0.15, 0.2) is 58.3 Å². The number of nitrogens with two attached hydrogens (primary N) is 1. The van der Waals surface area contributed by atoms with Crippen molar-refractivity contribution in [3.63, 3.8) is 0 Å². The molecule has 0 amide bonds. The van der Waals surface area contributed by atoms with Gasteiger partial charge >= 0.3 is 0 Å². The number of methoxy groups -OCH3 is 1. The maximum Gasteiger partial charge on any atom is 0.137 e. The third kappa shape index (κ3) is 4.02. The quantitative estimate of drug-likeness (QED) is 0.658. The van der Waals surface area contributed by atoms with Gasteiger partial charge in [0.1, 0.15) is 5.75 Å². The van der Waals surface area contributed by atoms with Gasteiger partial charge in [0.15, 0.2) is 0 Å². The van der Waals surface area contributed by atoms with Gasteiger partial charge in [0.25, 0.3) is 0 Å². The van der Waals surface area contributed by atoms with Crippen molar-refractivity contribution in [2.24, 2.45) is 0 Å². The molecule has 2 aromatic carbocycles. The molecule has 0 radical (unpaired) electrons. The molecule has 2 rings (SSSR count). The van der Waals surface area contributed by atoms with E-state index >= 15 is 0 Å². The molecule has 20 heavy (non-hydrogen) atoms. The highest BCUT2D eigenvalue weighted by Crippen LogP contribution is 2.26. The molecule has 106 valence electrons. The van der Waals surface area contributed by atoms with Crippen LogP contribution in [0.2, 0.25) is 0 Å². The third-order valence-electron chi connectivity index (χ3n) is 2.71. The zero-order chi connectivity index (χ0) is 14.4. The van der Waals surface area contributed by atoms with Crippen LogP contribution >= 0.6 is 11.8 Å². The van der Waals surface area contributed by atoms with Crippen LogP contribution in [0, 0.1) is 0 Å². The average molecular weight is 307 g/mol. The zero-order valence-electron chi connectivity index (χ0n) is 11.2. The molecule has 3 nitrogen and oxygen atoms in total. The number of rotatable bonds is 6. The maximum atomic E-state index is 12.3. The lowest BCUT2D eigenvalue weighted by Gasteiger charge is -2.09. The molecule has 0 saturated heterocycles. The minimum absolute atomic E-state index is 0.583. The molecule has 0 fully saturated rings. The van der Waals surface area contributed by atoms with E-state index in [1.807, 2.05) is 18.2 Å². The summed E-state index contributed by atoms with van der Waals surface area (Å²) in [4.78, 5) is 1.89. The normalized spacial score (nSPS) is 12.1. The van der Waals surface area contributed by atoms with Crippen molar-refractivity contribution in [2.75, 3.05) is 24.3 Å². The fraction of sp³-hybridized carbons (Fsp3) is 0.200. The summed E-state index contributed by atoms with van der Waals surface area (Å²) < 4.78 is 17.5. The molecule has 2 aromatic rings. The Hall–Kier alpha value is -1.46. The van der Waals surface area contributed by atoms with Gasteiger partial charge < -0.3 is 10.5 Å². The molecule has 0 aliphatic heterocycles. The fourth-order valence-electron chi connectivity index (χ4n) is 1.73. The Morgan fingerprint density at radius 1 is 1.20 bits per heavy atom. The van der Waals surface area contributed by atoms with Crippen LogP contribution in [0.4, 0.5) is 5.69 Å². The first-order valence-corrected chi connectivity index (χ1v) is 8.51. The monoisotopic (exact) mass is 307 g/mol. The van der Waals surface area contributed by atoms with Crippen LogP contribution in [0.1, 0.15) is 0 Å². The van der Waals surface area contributed by atoms with Crippen LogP contribution in [0.3, 0.4) is 0 Å². The summed E-state index contributed by atoms with van der Waals surface area (Å²) in [7, 11) is 0.486. The Balaban J connectivity index is 1.95. The number of nitrogen functional groups attached to an aromatic ring is 1. The number of benzene rings is 2. The van der Waals surface area contributed by atoms with Crippen molar-refractivity contribution in [3.05, 3.63) is 48.5 Å². The highest BCUT2D eigenvalue weighted by atomic mass is 32.2. The highest BCUT2D eigenvalue weighted by molar-refractivity contribution is 8.00. The largest absolute Gasteiger partial charge is 0.495 e. The second kappa shape index (κ2) is 7.36. The van der Waals surface area contributed by atoms with Crippen molar-refractivity contribution >= 4 is 28.2 Å². The van der Waals surface area contributed by atoms with Crippen LogP contribution in [-0.2, 0) is 10.8 Å². The van der Waals surface area contributed by atoms with Gasteiger partial charge in [0.2, 0.25) is 0 Å². The van der Waals surface area contributed by atoms with E-state index in [2.05, 4.69) is 12.1 Å². The zero-order valence-corrected chi connectivity index (χ0v) is 12.9. The summed E-state index contributed by atoms with van der Waals surface area (Å²) >= 11 is 1.70. The van der Waals surface area contributed by atoms with Crippen molar-refractivity contribution in [1.82, 2.24) is 0 Å². The molecule has 0 aromatic heterocycles. The molecule has 5 heteroatoms.